The first-order valence-electron chi connectivity index (χ1n) is 5.14. The van der Waals surface area contributed by atoms with Gasteiger partial charge in [0.1, 0.15) is 5.58 Å². The molecule has 16 heavy (non-hydrogen) atoms. The molecule has 1 aromatic carbocycles. The molecule has 0 unspecified atom stereocenters. The van der Waals surface area contributed by atoms with E-state index in [1.54, 1.807) is 6.26 Å². The van der Waals surface area contributed by atoms with Crippen LogP contribution in [0.3, 0.4) is 0 Å². The number of nitrogens with one attached hydrogen (secondary N) is 1. The van der Waals surface area contributed by atoms with Gasteiger partial charge in [0.2, 0.25) is 5.91 Å². The van der Waals surface area contributed by atoms with E-state index in [1.165, 1.54) is 0 Å². The standard InChI is InChI=1S/C12H13NO2S/c14-12(8-16)13-6-5-9-7-15-11-4-2-1-3-10(9)11/h1-4,7,16H,5-6,8H2,(H,13,14). The smallest absolute Gasteiger partial charge is 0.229 e. The van der Waals surface area contributed by atoms with Crippen molar-refractivity contribution in [1.29, 1.82) is 0 Å². The highest BCUT2D eigenvalue weighted by atomic mass is 32.1. The second-order valence-corrected chi connectivity index (χ2v) is 3.83. The molecule has 0 fully saturated rings. The van der Waals surface area contributed by atoms with Crippen LogP contribution in [-0.2, 0) is 11.2 Å². The van der Waals surface area contributed by atoms with Crippen LogP contribution in [0.5, 0.6) is 0 Å². The summed E-state index contributed by atoms with van der Waals surface area (Å²) < 4.78 is 5.41. The maximum atomic E-state index is 11.0. The second kappa shape index (κ2) is 5.07. The summed E-state index contributed by atoms with van der Waals surface area (Å²) in [7, 11) is 0. The minimum atomic E-state index is -0.0452. The van der Waals surface area contributed by atoms with Crippen molar-refractivity contribution in [2.75, 3.05) is 12.3 Å². The minimum Gasteiger partial charge on any atom is -0.464 e. The van der Waals surface area contributed by atoms with Crippen LogP contribution in [0.15, 0.2) is 34.9 Å². The molecule has 3 nitrogen and oxygen atoms in total. The van der Waals surface area contributed by atoms with Crippen molar-refractivity contribution in [3.63, 3.8) is 0 Å². The summed E-state index contributed by atoms with van der Waals surface area (Å²) in [6, 6.07) is 7.88. The molecule has 1 amide bonds. The monoisotopic (exact) mass is 235 g/mol. The van der Waals surface area contributed by atoms with E-state index in [0.717, 1.165) is 23.0 Å². The zero-order valence-electron chi connectivity index (χ0n) is 8.77. The molecule has 0 saturated carbocycles. The van der Waals surface area contributed by atoms with Gasteiger partial charge in [-0.05, 0) is 18.1 Å². The largest absolute Gasteiger partial charge is 0.464 e. The Kier molecular flexibility index (Phi) is 3.51. The molecule has 2 aromatic rings. The Morgan fingerprint density at radius 3 is 3.00 bits per heavy atom. The summed E-state index contributed by atoms with van der Waals surface area (Å²) in [4.78, 5) is 11.0. The first-order valence-corrected chi connectivity index (χ1v) is 5.77. The maximum Gasteiger partial charge on any atom is 0.229 e. The number of para-hydroxylation sites is 1. The quantitative estimate of drug-likeness (QED) is 0.796. The number of furan rings is 1. The lowest BCUT2D eigenvalue weighted by atomic mass is 10.1. The fraction of sp³-hybridized carbons (Fsp3) is 0.250. The Morgan fingerprint density at radius 2 is 2.19 bits per heavy atom. The van der Waals surface area contributed by atoms with Gasteiger partial charge in [-0.1, -0.05) is 18.2 Å². The summed E-state index contributed by atoms with van der Waals surface area (Å²) in [5, 5.41) is 3.89. The fourth-order valence-electron chi connectivity index (χ4n) is 1.62. The molecule has 0 radical (unpaired) electrons. The van der Waals surface area contributed by atoms with Gasteiger partial charge in [0, 0.05) is 11.9 Å². The summed E-state index contributed by atoms with van der Waals surface area (Å²) >= 11 is 3.89. The summed E-state index contributed by atoms with van der Waals surface area (Å²) in [5.41, 5.74) is 2.01. The third kappa shape index (κ3) is 2.39. The highest BCUT2D eigenvalue weighted by Crippen LogP contribution is 2.20. The molecule has 84 valence electrons. The zero-order chi connectivity index (χ0) is 11.4. The normalized spacial score (nSPS) is 10.6. The highest BCUT2D eigenvalue weighted by molar-refractivity contribution is 7.81. The van der Waals surface area contributed by atoms with Gasteiger partial charge in [0.15, 0.2) is 0 Å². The van der Waals surface area contributed by atoms with Gasteiger partial charge in [0.05, 0.1) is 12.0 Å². The van der Waals surface area contributed by atoms with Crippen LogP contribution in [0.1, 0.15) is 5.56 Å². The number of rotatable bonds is 4. The molecule has 0 aliphatic carbocycles. The van der Waals surface area contributed by atoms with E-state index in [1.807, 2.05) is 24.3 Å². The predicted octanol–water partition coefficient (Wildman–Crippen LogP) is 2.02. The third-order valence-electron chi connectivity index (χ3n) is 2.42. The number of fused-ring (bicyclic) bond motifs is 1. The van der Waals surface area contributed by atoms with Gasteiger partial charge < -0.3 is 9.73 Å². The molecule has 1 aromatic heterocycles. The Morgan fingerprint density at radius 1 is 1.38 bits per heavy atom. The number of hydrogen-bond donors (Lipinski definition) is 2. The summed E-state index contributed by atoms with van der Waals surface area (Å²) in [6.45, 7) is 0.614. The molecule has 0 saturated heterocycles. The number of hydrogen-bond acceptors (Lipinski definition) is 3. The van der Waals surface area contributed by atoms with Gasteiger partial charge in [-0.3, -0.25) is 4.79 Å². The first-order chi connectivity index (χ1) is 7.81. The van der Waals surface area contributed by atoms with Crippen LogP contribution >= 0.6 is 12.6 Å². The highest BCUT2D eigenvalue weighted by Gasteiger charge is 2.04. The van der Waals surface area contributed by atoms with Gasteiger partial charge in [0.25, 0.3) is 0 Å². The minimum absolute atomic E-state index is 0.0452. The maximum absolute atomic E-state index is 11.0. The zero-order valence-corrected chi connectivity index (χ0v) is 9.67. The van der Waals surface area contributed by atoms with E-state index in [-0.39, 0.29) is 11.7 Å². The van der Waals surface area contributed by atoms with Crippen molar-refractivity contribution in [3.8, 4) is 0 Å². The molecule has 1 heterocycles. The molecule has 2 rings (SSSR count). The lowest BCUT2D eigenvalue weighted by molar-refractivity contribution is -0.118. The van der Waals surface area contributed by atoms with E-state index in [0.29, 0.717) is 6.54 Å². The van der Waals surface area contributed by atoms with Crippen LogP contribution < -0.4 is 5.32 Å². The average Bonchev–Trinajstić information content (AvgIpc) is 2.73. The van der Waals surface area contributed by atoms with E-state index < -0.39 is 0 Å². The molecule has 0 aliphatic heterocycles. The van der Waals surface area contributed by atoms with Gasteiger partial charge in [-0.25, -0.2) is 0 Å². The Bertz CT molecular complexity index is 492. The molecular formula is C12H13NO2S. The lowest BCUT2D eigenvalue weighted by Gasteiger charge is -2.01. The predicted molar refractivity (Wildman–Crippen MR) is 66.8 cm³/mol. The van der Waals surface area contributed by atoms with Crippen LogP contribution in [0.25, 0.3) is 11.0 Å². The van der Waals surface area contributed by atoms with Gasteiger partial charge in [-0.15, -0.1) is 0 Å². The molecule has 4 heteroatoms. The van der Waals surface area contributed by atoms with Crippen molar-refractivity contribution in [3.05, 3.63) is 36.1 Å². The Labute approximate surface area is 99.2 Å². The fourth-order valence-corrected chi connectivity index (χ4v) is 1.73. The molecular weight excluding hydrogens is 222 g/mol. The molecule has 0 atom stereocenters. The Hall–Kier alpha value is -1.42. The SMILES string of the molecule is O=C(CS)NCCc1coc2ccccc12. The van der Waals surface area contributed by atoms with Crippen molar-refractivity contribution < 1.29 is 9.21 Å². The van der Waals surface area contributed by atoms with Crippen LogP contribution in [0, 0.1) is 0 Å². The van der Waals surface area contributed by atoms with E-state index in [9.17, 15) is 4.79 Å². The first kappa shape index (κ1) is 11.1. The number of benzene rings is 1. The van der Waals surface area contributed by atoms with Crippen molar-refractivity contribution >= 4 is 29.5 Å². The van der Waals surface area contributed by atoms with Gasteiger partial charge >= 0.3 is 0 Å². The Balaban J connectivity index is 2.02. The number of thiol groups is 1. The van der Waals surface area contributed by atoms with Crippen LogP contribution in [-0.4, -0.2) is 18.2 Å². The lowest BCUT2D eigenvalue weighted by Crippen LogP contribution is -2.26. The van der Waals surface area contributed by atoms with Crippen LogP contribution in [0.4, 0.5) is 0 Å². The number of carbonyl (C=O) groups is 1. The molecule has 0 bridgehead atoms. The van der Waals surface area contributed by atoms with E-state index in [2.05, 4.69) is 17.9 Å². The van der Waals surface area contributed by atoms with E-state index >= 15 is 0 Å². The second-order valence-electron chi connectivity index (χ2n) is 3.52. The summed E-state index contributed by atoms with van der Waals surface area (Å²) in [6.07, 6.45) is 2.52. The average molecular weight is 235 g/mol. The number of carbonyl (C=O) groups excluding carboxylic acids is 1. The van der Waals surface area contributed by atoms with Crippen molar-refractivity contribution in [2.24, 2.45) is 0 Å². The molecule has 0 aliphatic rings. The van der Waals surface area contributed by atoms with Crippen molar-refractivity contribution in [2.45, 2.75) is 6.42 Å². The van der Waals surface area contributed by atoms with Crippen molar-refractivity contribution in [1.82, 2.24) is 5.32 Å². The van der Waals surface area contributed by atoms with E-state index in [4.69, 9.17) is 4.42 Å². The topological polar surface area (TPSA) is 42.2 Å². The number of amides is 1. The third-order valence-corrected chi connectivity index (χ3v) is 2.71. The molecule has 0 spiro atoms. The molecule has 1 N–H and O–H groups in total. The summed E-state index contributed by atoms with van der Waals surface area (Å²) in [5.74, 6) is 0.183. The van der Waals surface area contributed by atoms with Gasteiger partial charge in [-0.2, -0.15) is 12.6 Å². The van der Waals surface area contributed by atoms with Crippen LogP contribution in [0.2, 0.25) is 0 Å².